The van der Waals surface area contributed by atoms with Crippen molar-refractivity contribution < 1.29 is 18.4 Å². The van der Waals surface area contributed by atoms with Crippen LogP contribution in [0.4, 0.5) is 0 Å². The number of Topliss-reactive ketones (excluding diaryl/α,β-unsaturated/α-hetero) is 1. The summed E-state index contributed by atoms with van der Waals surface area (Å²) in [6.07, 6.45) is 1.24. The molecule has 0 atom stereocenters. The quantitative estimate of drug-likeness (QED) is 0.622. The zero-order valence-corrected chi connectivity index (χ0v) is 11.6. The van der Waals surface area contributed by atoms with Crippen LogP contribution in [0.3, 0.4) is 0 Å². The molecule has 0 aliphatic heterocycles. The molecule has 0 fully saturated rings. The molecule has 1 aromatic heterocycles. The number of rotatable bonds is 5. The number of carbonyl (C=O) groups is 1. The van der Waals surface area contributed by atoms with Gasteiger partial charge in [0.25, 0.3) is 0 Å². The Morgan fingerprint density at radius 3 is 2.58 bits per heavy atom. The van der Waals surface area contributed by atoms with Crippen molar-refractivity contribution >= 4 is 24.2 Å². The molecule has 6 heteroatoms. The first-order valence-corrected chi connectivity index (χ1v) is 7.40. The molecular formula is C13H14NO4P. The number of carbonyl (C=O) groups excluding carboxylic acids is 1. The van der Waals surface area contributed by atoms with Gasteiger partial charge in [-0.25, -0.2) is 0 Å². The zero-order valence-electron chi connectivity index (χ0n) is 10.7. The summed E-state index contributed by atoms with van der Waals surface area (Å²) in [5.74, 6) is -0.358. The molecule has 0 bridgehead atoms. The summed E-state index contributed by atoms with van der Waals surface area (Å²) in [6.45, 7) is 0. The smallest absolute Gasteiger partial charge is 0.312 e. The summed E-state index contributed by atoms with van der Waals surface area (Å²) < 4.78 is 21.5. The standard InChI is InChI=1S/C13H14NO4P/c1-17-19(16,18-2)9-12(15)13-11-6-4-3-5-10(11)7-8-14-13/h3-8H,9H2,1-2H3. The molecule has 0 saturated carbocycles. The fourth-order valence-corrected chi connectivity index (χ4v) is 2.71. The van der Waals surface area contributed by atoms with E-state index >= 15 is 0 Å². The van der Waals surface area contributed by atoms with Gasteiger partial charge in [0.15, 0.2) is 5.78 Å². The Morgan fingerprint density at radius 2 is 1.89 bits per heavy atom. The van der Waals surface area contributed by atoms with E-state index in [9.17, 15) is 9.36 Å². The van der Waals surface area contributed by atoms with Gasteiger partial charge in [0.1, 0.15) is 11.9 Å². The lowest BCUT2D eigenvalue weighted by Crippen LogP contribution is -2.10. The number of aromatic nitrogens is 1. The molecule has 0 aliphatic rings. The fourth-order valence-electron chi connectivity index (χ4n) is 1.80. The lowest BCUT2D eigenvalue weighted by atomic mass is 10.1. The Balaban J connectivity index is 2.40. The van der Waals surface area contributed by atoms with Gasteiger partial charge in [0, 0.05) is 25.8 Å². The molecule has 0 unspecified atom stereocenters. The molecule has 2 aromatic rings. The maximum Gasteiger partial charge on any atom is 0.337 e. The molecule has 19 heavy (non-hydrogen) atoms. The first kappa shape index (κ1) is 13.9. The number of nitrogens with zero attached hydrogens (tertiary/aromatic N) is 1. The van der Waals surface area contributed by atoms with Crippen molar-refractivity contribution in [3.05, 3.63) is 42.2 Å². The third-order valence-corrected chi connectivity index (χ3v) is 4.62. The topological polar surface area (TPSA) is 65.5 Å². The van der Waals surface area contributed by atoms with E-state index in [1.807, 2.05) is 24.3 Å². The Kier molecular flexibility index (Phi) is 4.10. The van der Waals surface area contributed by atoms with Crippen molar-refractivity contribution in [2.75, 3.05) is 20.4 Å². The molecule has 0 aliphatic carbocycles. The second-order valence-electron chi connectivity index (χ2n) is 3.94. The van der Waals surface area contributed by atoms with Crippen molar-refractivity contribution in [1.29, 1.82) is 0 Å². The number of hydrogen-bond acceptors (Lipinski definition) is 5. The second kappa shape index (κ2) is 5.61. The third-order valence-electron chi connectivity index (χ3n) is 2.83. The Hall–Kier alpha value is -1.55. The van der Waals surface area contributed by atoms with E-state index in [4.69, 9.17) is 9.05 Å². The van der Waals surface area contributed by atoms with Gasteiger partial charge >= 0.3 is 7.60 Å². The Labute approximate surface area is 111 Å². The highest BCUT2D eigenvalue weighted by atomic mass is 31.2. The van der Waals surface area contributed by atoms with E-state index in [1.54, 1.807) is 12.3 Å². The average Bonchev–Trinajstić information content (AvgIpc) is 2.46. The minimum Gasteiger partial charge on any atom is -0.312 e. The van der Waals surface area contributed by atoms with Gasteiger partial charge in [-0.05, 0) is 11.5 Å². The van der Waals surface area contributed by atoms with E-state index in [0.717, 1.165) is 10.8 Å². The number of hydrogen-bond donors (Lipinski definition) is 0. The van der Waals surface area contributed by atoms with Crippen LogP contribution in [0.25, 0.3) is 10.8 Å². The van der Waals surface area contributed by atoms with Crippen LogP contribution in [0.15, 0.2) is 36.5 Å². The molecule has 100 valence electrons. The summed E-state index contributed by atoms with van der Waals surface area (Å²) in [6, 6.07) is 9.22. The molecule has 0 radical (unpaired) electrons. The first-order valence-electron chi connectivity index (χ1n) is 5.67. The predicted molar refractivity (Wildman–Crippen MR) is 72.6 cm³/mol. The van der Waals surface area contributed by atoms with E-state index in [0.29, 0.717) is 0 Å². The zero-order chi connectivity index (χ0) is 13.9. The number of fused-ring (bicyclic) bond motifs is 1. The molecule has 0 saturated heterocycles. The SMILES string of the molecule is COP(=O)(CC(=O)c1nccc2ccccc12)OC. The largest absolute Gasteiger partial charge is 0.337 e. The summed E-state index contributed by atoms with van der Waals surface area (Å²) in [5, 5.41) is 1.64. The number of ketones is 1. The van der Waals surface area contributed by atoms with Crippen LogP contribution in [0.2, 0.25) is 0 Å². The van der Waals surface area contributed by atoms with E-state index in [-0.39, 0.29) is 17.6 Å². The van der Waals surface area contributed by atoms with Gasteiger partial charge in [-0.2, -0.15) is 0 Å². The fraction of sp³-hybridized carbons (Fsp3) is 0.231. The molecule has 0 amide bonds. The molecule has 0 N–H and O–H groups in total. The molecule has 5 nitrogen and oxygen atoms in total. The number of benzene rings is 1. The minimum atomic E-state index is -3.37. The first-order chi connectivity index (χ1) is 9.09. The summed E-state index contributed by atoms with van der Waals surface area (Å²) >= 11 is 0. The summed E-state index contributed by atoms with van der Waals surface area (Å²) in [7, 11) is -0.854. The lowest BCUT2D eigenvalue weighted by molar-refractivity contribution is 0.100. The minimum absolute atomic E-state index is 0.285. The van der Waals surface area contributed by atoms with Crippen LogP contribution in [-0.2, 0) is 13.6 Å². The average molecular weight is 279 g/mol. The summed E-state index contributed by atoms with van der Waals surface area (Å²) in [5.41, 5.74) is 0.285. The highest BCUT2D eigenvalue weighted by Gasteiger charge is 2.27. The van der Waals surface area contributed by atoms with Gasteiger partial charge in [0.05, 0.1) is 0 Å². The normalized spacial score (nSPS) is 11.7. The van der Waals surface area contributed by atoms with Crippen LogP contribution in [0.1, 0.15) is 10.5 Å². The maximum absolute atomic E-state index is 12.2. The van der Waals surface area contributed by atoms with E-state index in [1.165, 1.54) is 14.2 Å². The van der Waals surface area contributed by atoms with Crippen LogP contribution in [0, 0.1) is 0 Å². The van der Waals surface area contributed by atoms with Crippen LogP contribution < -0.4 is 0 Å². The number of pyridine rings is 1. The van der Waals surface area contributed by atoms with Gasteiger partial charge in [0.2, 0.25) is 0 Å². The Bertz CT molecular complexity index is 643. The predicted octanol–water partition coefficient (Wildman–Crippen LogP) is 2.90. The van der Waals surface area contributed by atoms with Gasteiger partial charge in [-0.1, -0.05) is 24.3 Å². The third kappa shape index (κ3) is 2.89. The van der Waals surface area contributed by atoms with Crippen molar-refractivity contribution in [2.24, 2.45) is 0 Å². The van der Waals surface area contributed by atoms with Crippen molar-refractivity contribution in [1.82, 2.24) is 4.98 Å². The van der Waals surface area contributed by atoms with Crippen LogP contribution >= 0.6 is 7.60 Å². The van der Waals surface area contributed by atoms with Crippen LogP contribution in [0.5, 0.6) is 0 Å². The summed E-state index contributed by atoms with van der Waals surface area (Å²) in [4.78, 5) is 16.3. The highest BCUT2D eigenvalue weighted by Crippen LogP contribution is 2.46. The van der Waals surface area contributed by atoms with Crippen molar-refractivity contribution in [2.45, 2.75) is 0 Å². The van der Waals surface area contributed by atoms with Gasteiger partial charge < -0.3 is 9.05 Å². The van der Waals surface area contributed by atoms with Crippen molar-refractivity contribution in [3.8, 4) is 0 Å². The lowest BCUT2D eigenvalue weighted by Gasteiger charge is -2.12. The molecule has 2 rings (SSSR count). The molecule has 0 spiro atoms. The molecular weight excluding hydrogens is 265 g/mol. The molecule has 1 heterocycles. The monoisotopic (exact) mass is 279 g/mol. The van der Waals surface area contributed by atoms with Gasteiger partial charge in [-0.3, -0.25) is 14.3 Å². The van der Waals surface area contributed by atoms with E-state index < -0.39 is 7.60 Å². The highest BCUT2D eigenvalue weighted by molar-refractivity contribution is 7.54. The second-order valence-corrected chi connectivity index (χ2v) is 6.21. The van der Waals surface area contributed by atoms with Gasteiger partial charge in [-0.15, -0.1) is 0 Å². The van der Waals surface area contributed by atoms with E-state index in [2.05, 4.69) is 4.98 Å². The maximum atomic E-state index is 12.2. The van der Waals surface area contributed by atoms with Crippen molar-refractivity contribution in [3.63, 3.8) is 0 Å². The Morgan fingerprint density at radius 1 is 1.21 bits per heavy atom. The van der Waals surface area contributed by atoms with Crippen LogP contribution in [-0.4, -0.2) is 31.1 Å². The molecule has 1 aromatic carbocycles.